The number of ether oxygens (including phenoxy) is 2. The van der Waals surface area contributed by atoms with Gasteiger partial charge in [0.1, 0.15) is 0 Å². The van der Waals surface area contributed by atoms with Gasteiger partial charge in [-0.1, -0.05) is 44.7 Å². The van der Waals surface area contributed by atoms with Crippen LogP contribution in [-0.4, -0.2) is 19.5 Å². The van der Waals surface area contributed by atoms with Crippen molar-refractivity contribution >= 4 is 0 Å². The summed E-state index contributed by atoms with van der Waals surface area (Å²) >= 11 is 0. The molecular formula is C26H37F3O2. The standard InChI is InChI=1S/C26H37F3O2/c1-2-3-18-4-6-21(7-5-18)23-16-30-25(31-17-23)22-10-8-19(9-11-22)20-12-14-24(15-13-20)26(27,28)29/h12-15,18-19,21-23,25H,2-11,16-17H2,1H3. The molecule has 0 aromatic heterocycles. The topological polar surface area (TPSA) is 18.5 Å². The van der Waals surface area contributed by atoms with E-state index in [1.165, 1.54) is 50.7 Å². The fourth-order valence-corrected chi connectivity index (χ4v) is 6.10. The molecular weight excluding hydrogens is 401 g/mol. The number of benzene rings is 1. The molecule has 1 heterocycles. The zero-order chi connectivity index (χ0) is 21.8. The lowest BCUT2D eigenvalue weighted by atomic mass is 9.74. The lowest BCUT2D eigenvalue weighted by molar-refractivity contribution is -0.236. The number of alkyl halides is 3. The van der Waals surface area contributed by atoms with Crippen LogP contribution < -0.4 is 0 Å². The SMILES string of the molecule is CCCC1CCC(C2COC(C3CCC(c4ccc(C(F)(F)F)cc4)CC3)OC2)CC1. The van der Waals surface area contributed by atoms with Gasteiger partial charge in [0.15, 0.2) is 6.29 Å². The molecule has 1 aliphatic heterocycles. The van der Waals surface area contributed by atoms with E-state index in [4.69, 9.17) is 9.47 Å². The molecule has 1 saturated heterocycles. The highest BCUT2D eigenvalue weighted by atomic mass is 19.4. The Morgan fingerprint density at radius 3 is 1.90 bits per heavy atom. The smallest absolute Gasteiger partial charge is 0.352 e. The second kappa shape index (κ2) is 10.2. The third kappa shape index (κ3) is 5.84. The third-order valence-corrected chi connectivity index (χ3v) is 8.07. The van der Waals surface area contributed by atoms with Crippen LogP contribution >= 0.6 is 0 Å². The molecule has 2 nitrogen and oxygen atoms in total. The van der Waals surface area contributed by atoms with Crippen molar-refractivity contribution in [2.24, 2.45) is 23.7 Å². The quantitative estimate of drug-likeness (QED) is 0.472. The van der Waals surface area contributed by atoms with Gasteiger partial charge in [0.2, 0.25) is 0 Å². The minimum atomic E-state index is -4.27. The van der Waals surface area contributed by atoms with Gasteiger partial charge in [-0.3, -0.25) is 0 Å². The summed E-state index contributed by atoms with van der Waals surface area (Å²) < 4.78 is 50.8. The Kier molecular flexibility index (Phi) is 7.64. The first kappa shape index (κ1) is 23.1. The molecule has 0 unspecified atom stereocenters. The monoisotopic (exact) mass is 438 g/mol. The van der Waals surface area contributed by atoms with E-state index in [0.29, 0.717) is 17.8 Å². The zero-order valence-corrected chi connectivity index (χ0v) is 18.7. The van der Waals surface area contributed by atoms with E-state index >= 15 is 0 Å². The van der Waals surface area contributed by atoms with E-state index in [1.54, 1.807) is 12.1 Å². The molecule has 1 aromatic rings. The van der Waals surface area contributed by atoms with Gasteiger partial charge in [0.05, 0.1) is 18.8 Å². The Morgan fingerprint density at radius 1 is 0.774 bits per heavy atom. The van der Waals surface area contributed by atoms with Crippen LogP contribution in [0.5, 0.6) is 0 Å². The lowest BCUT2D eigenvalue weighted by Gasteiger charge is -2.41. The molecule has 0 spiro atoms. The average Bonchev–Trinajstić information content (AvgIpc) is 2.80. The van der Waals surface area contributed by atoms with Gasteiger partial charge >= 0.3 is 6.18 Å². The van der Waals surface area contributed by atoms with Crippen molar-refractivity contribution < 1.29 is 22.6 Å². The summed E-state index contributed by atoms with van der Waals surface area (Å²) in [6.07, 6.45) is 7.71. The largest absolute Gasteiger partial charge is 0.416 e. The van der Waals surface area contributed by atoms with E-state index in [9.17, 15) is 13.2 Å². The van der Waals surface area contributed by atoms with Gasteiger partial charge in [-0.15, -0.1) is 0 Å². The van der Waals surface area contributed by atoms with Gasteiger partial charge in [0.25, 0.3) is 0 Å². The molecule has 4 rings (SSSR count). The third-order valence-electron chi connectivity index (χ3n) is 8.07. The fraction of sp³-hybridized carbons (Fsp3) is 0.769. The minimum Gasteiger partial charge on any atom is -0.352 e. The summed E-state index contributed by atoms with van der Waals surface area (Å²) in [7, 11) is 0. The molecule has 3 aliphatic rings. The molecule has 2 aliphatic carbocycles. The molecule has 1 aromatic carbocycles. The summed E-state index contributed by atoms with van der Waals surface area (Å²) in [5, 5.41) is 0. The van der Waals surface area contributed by atoms with Crippen LogP contribution in [0, 0.1) is 23.7 Å². The van der Waals surface area contributed by atoms with Gasteiger partial charge in [-0.2, -0.15) is 13.2 Å². The molecule has 0 atom stereocenters. The average molecular weight is 439 g/mol. The first-order valence-corrected chi connectivity index (χ1v) is 12.3. The van der Waals surface area contributed by atoms with Crippen LogP contribution in [0.2, 0.25) is 0 Å². The van der Waals surface area contributed by atoms with Crippen LogP contribution in [0.15, 0.2) is 24.3 Å². The summed E-state index contributed by atoms with van der Waals surface area (Å²) in [4.78, 5) is 0. The Balaban J connectivity index is 1.20. The molecule has 0 bridgehead atoms. The second-order valence-electron chi connectivity index (χ2n) is 10.1. The summed E-state index contributed by atoms with van der Waals surface area (Å²) in [6.45, 7) is 3.94. The first-order valence-electron chi connectivity index (χ1n) is 12.3. The molecule has 0 amide bonds. The molecule has 5 heteroatoms. The lowest BCUT2D eigenvalue weighted by Crippen LogP contribution is -2.41. The highest BCUT2D eigenvalue weighted by Gasteiger charge is 2.36. The van der Waals surface area contributed by atoms with E-state index in [-0.39, 0.29) is 6.29 Å². The normalized spacial score (nSPS) is 35.1. The van der Waals surface area contributed by atoms with Crippen molar-refractivity contribution in [2.75, 3.05) is 13.2 Å². The van der Waals surface area contributed by atoms with Crippen LogP contribution in [0.4, 0.5) is 13.2 Å². The van der Waals surface area contributed by atoms with Crippen molar-refractivity contribution in [1.82, 2.24) is 0 Å². The Morgan fingerprint density at radius 2 is 1.35 bits per heavy atom. The molecule has 0 N–H and O–H groups in total. The second-order valence-corrected chi connectivity index (χ2v) is 10.1. The highest BCUT2D eigenvalue weighted by Crippen LogP contribution is 2.41. The number of hydrogen-bond acceptors (Lipinski definition) is 2. The molecule has 2 saturated carbocycles. The maximum Gasteiger partial charge on any atom is 0.416 e. The van der Waals surface area contributed by atoms with E-state index < -0.39 is 11.7 Å². The van der Waals surface area contributed by atoms with Crippen molar-refractivity contribution in [2.45, 2.75) is 89.5 Å². The van der Waals surface area contributed by atoms with Crippen LogP contribution in [0.1, 0.15) is 88.2 Å². The van der Waals surface area contributed by atoms with E-state index in [2.05, 4.69) is 6.92 Å². The highest BCUT2D eigenvalue weighted by molar-refractivity contribution is 5.27. The number of halogens is 3. The van der Waals surface area contributed by atoms with Crippen LogP contribution in [0.25, 0.3) is 0 Å². The predicted octanol–water partition coefficient (Wildman–Crippen LogP) is 7.57. The number of hydrogen-bond donors (Lipinski definition) is 0. The van der Waals surface area contributed by atoms with Gasteiger partial charge < -0.3 is 9.47 Å². The van der Waals surface area contributed by atoms with Crippen LogP contribution in [0.3, 0.4) is 0 Å². The number of rotatable bonds is 5. The Labute approximate surface area is 184 Å². The molecule has 174 valence electrons. The summed E-state index contributed by atoms with van der Waals surface area (Å²) in [5.41, 5.74) is 0.456. The van der Waals surface area contributed by atoms with Crippen molar-refractivity contribution in [3.63, 3.8) is 0 Å². The van der Waals surface area contributed by atoms with Crippen LogP contribution in [-0.2, 0) is 15.7 Å². The van der Waals surface area contributed by atoms with Crippen molar-refractivity contribution in [3.8, 4) is 0 Å². The van der Waals surface area contributed by atoms with Crippen molar-refractivity contribution in [3.05, 3.63) is 35.4 Å². The van der Waals surface area contributed by atoms with Crippen molar-refractivity contribution in [1.29, 1.82) is 0 Å². The minimum absolute atomic E-state index is 0.0961. The van der Waals surface area contributed by atoms with E-state index in [0.717, 1.165) is 56.3 Å². The predicted molar refractivity (Wildman–Crippen MR) is 116 cm³/mol. The zero-order valence-electron chi connectivity index (χ0n) is 18.7. The van der Waals surface area contributed by atoms with Gasteiger partial charge in [-0.25, -0.2) is 0 Å². The maximum absolute atomic E-state index is 12.8. The first-order chi connectivity index (χ1) is 14.9. The Bertz CT molecular complexity index is 663. The molecule has 3 fully saturated rings. The maximum atomic E-state index is 12.8. The van der Waals surface area contributed by atoms with Gasteiger partial charge in [-0.05, 0) is 74.0 Å². The molecule has 0 radical (unpaired) electrons. The fourth-order valence-electron chi connectivity index (χ4n) is 6.10. The van der Waals surface area contributed by atoms with E-state index in [1.807, 2.05) is 0 Å². The summed E-state index contributed by atoms with van der Waals surface area (Å²) in [5.74, 6) is 2.98. The van der Waals surface area contributed by atoms with Gasteiger partial charge in [0, 0.05) is 11.8 Å². The summed E-state index contributed by atoms with van der Waals surface area (Å²) in [6, 6.07) is 5.73. The molecule has 31 heavy (non-hydrogen) atoms. The Hall–Kier alpha value is -1.07.